The predicted molar refractivity (Wildman–Crippen MR) is 120 cm³/mol. The number of nitrogens with zero attached hydrogens (tertiary/aromatic N) is 4. The molecule has 4 rings (SSSR count). The van der Waals surface area contributed by atoms with Gasteiger partial charge in [-0.15, -0.1) is 0 Å². The Hall–Kier alpha value is -3.81. The van der Waals surface area contributed by atoms with Crippen molar-refractivity contribution < 1.29 is 14.3 Å². The summed E-state index contributed by atoms with van der Waals surface area (Å²) in [4.78, 5) is 40.9. The zero-order valence-corrected chi connectivity index (χ0v) is 18.1. The van der Waals surface area contributed by atoms with E-state index in [4.69, 9.17) is 4.74 Å². The van der Waals surface area contributed by atoms with Crippen LogP contribution in [0, 0.1) is 6.92 Å². The first kappa shape index (κ1) is 21.4. The van der Waals surface area contributed by atoms with Crippen molar-refractivity contribution in [1.29, 1.82) is 0 Å². The summed E-state index contributed by atoms with van der Waals surface area (Å²) < 4.78 is 5.29. The molecule has 0 spiro atoms. The van der Waals surface area contributed by atoms with Gasteiger partial charge in [-0.25, -0.2) is 9.97 Å². The van der Waals surface area contributed by atoms with Gasteiger partial charge in [0.05, 0.1) is 30.1 Å². The Morgan fingerprint density at radius 3 is 2.66 bits per heavy atom. The summed E-state index contributed by atoms with van der Waals surface area (Å²) in [6, 6.07) is 12.2. The van der Waals surface area contributed by atoms with Crippen LogP contribution in [0.4, 0.5) is 5.69 Å². The van der Waals surface area contributed by atoms with E-state index in [1.807, 2.05) is 12.1 Å². The fraction of sp³-hybridized carbons (Fsp3) is 0.292. The van der Waals surface area contributed by atoms with E-state index in [-0.39, 0.29) is 17.9 Å². The maximum Gasteiger partial charge on any atom is 0.273 e. The molecule has 8 heteroatoms. The molecule has 3 aromatic rings. The summed E-state index contributed by atoms with van der Waals surface area (Å²) in [6.07, 6.45) is 5.82. The summed E-state index contributed by atoms with van der Waals surface area (Å²) in [6.45, 7) is 2.40. The van der Waals surface area contributed by atoms with Crippen LogP contribution in [-0.4, -0.2) is 45.3 Å². The molecule has 0 radical (unpaired) electrons. The fourth-order valence-electron chi connectivity index (χ4n) is 3.89. The average molecular weight is 431 g/mol. The minimum Gasteiger partial charge on any atom is -0.495 e. The van der Waals surface area contributed by atoms with Gasteiger partial charge in [-0.05, 0) is 50.5 Å². The molecule has 32 heavy (non-hydrogen) atoms. The Morgan fingerprint density at radius 2 is 1.91 bits per heavy atom. The third-order valence-electron chi connectivity index (χ3n) is 5.54. The molecule has 164 valence electrons. The summed E-state index contributed by atoms with van der Waals surface area (Å²) >= 11 is 0. The van der Waals surface area contributed by atoms with Crippen molar-refractivity contribution in [2.75, 3.05) is 19.0 Å². The number of hydrogen-bond donors (Lipinski definition) is 1. The minimum atomic E-state index is -0.316. The molecule has 0 bridgehead atoms. The minimum absolute atomic E-state index is 0.130. The summed E-state index contributed by atoms with van der Waals surface area (Å²) in [5.41, 5.74) is 1.91. The molecule has 1 atom stereocenters. The molecule has 2 amide bonds. The number of anilines is 1. The monoisotopic (exact) mass is 431 g/mol. The van der Waals surface area contributed by atoms with E-state index in [0.717, 1.165) is 19.3 Å². The number of hydrogen-bond acceptors (Lipinski definition) is 6. The second-order valence-corrected chi connectivity index (χ2v) is 7.61. The zero-order chi connectivity index (χ0) is 22.5. The van der Waals surface area contributed by atoms with Gasteiger partial charge in [-0.3, -0.25) is 14.6 Å². The molecule has 1 aliphatic rings. The van der Waals surface area contributed by atoms with Gasteiger partial charge >= 0.3 is 0 Å². The number of piperidine rings is 1. The smallest absolute Gasteiger partial charge is 0.273 e. The van der Waals surface area contributed by atoms with E-state index in [0.29, 0.717) is 40.8 Å². The molecular formula is C24H25N5O3. The van der Waals surface area contributed by atoms with Gasteiger partial charge in [-0.2, -0.15) is 0 Å². The molecular weight excluding hydrogens is 406 g/mol. The standard InChI is InChI=1S/C24H25N5O3/c1-16-17(23(30)28-18-9-3-4-12-21(18)32-2)15-26-22(27-16)20-11-6-8-14-29(20)24(31)19-10-5-7-13-25-19/h3-5,7,9-10,12-13,15,20H,6,8,11,14H2,1-2H3,(H,28,30)/t20-/m0/s1. The fourth-order valence-corrected chi connectivity index (χ4v) is 3.89. The second-order valence-electron chi connectivity index (χ2n) is 7.61. The number of carbonyl (C=O) groups excluding carboxylic acids is 2. The van der Waals surface area contributed by atoms with Crippen molar-refractivity contribution in [1.82, 2.24) is 19.9 Å². The van der Waals surface area contributed by atoms with Crippen molar-refractivity contribution >= 4 is 17.5 Å². The molecule has 0 aliphatic carbocycles. The van der Waals surface area contributed by atoms with Crippen LogP contribution in [0.15, 0.2) is 54.9 Å². The number of aromatic nitrogens is 3. The largest absolute Gasteiger partial charge is 0.495 e. The van der Waals surface area contributed by atoms with Crippen LogP contribution in [0.25, 0.3) is 0 Å². The highest BCUT2D eigenvalue weighted by atomic mass is 16.5. The van der Waals surface area contributed by atoms with E-state index in [9.17, 15) is 9.59 Å². The van der Waals surface area contributed by atoms with Gasteiger partial charge < -0.3 is 15.0 Å². The molecule has 1 aliphatic heterocycles. The van der Waals surface area contributed by atoms with Gasteiger partial charge in [0.15, 0.2) is 5.82 Å². The number of ether oxygens (including phenoxy) is 1. The number of nitrogens with one attached hydrogen (secondary N) is 1. The van der Waals surface area contributed by atoms with Crippen LogP contribution in [0.3, 0.4) is 0 Å². The number of amides is 2. The van der Waals surface area contributed by atoms with Crippen LogP contribution in [0.2, 0.25) is 0 Å². The Morgan fingerprint density at radius 1 is 1.09 bits per heavy atom. The predicted octanol–water partition coefficient (Wildman–Crippen LogP) is 3.81. The number of methoxy groups -OCH3 is 1. The first-order valence-electron chi connectivity index (χ1n) is 10.6. The summed E-state index contributed by atoms with van der Waals surface area (Å²) in [5.74, 6) is 0.667. The quantitative estimate of drug-likeness (QED) is 0.660. The van der Waals surface area contributed by atoms with Crippen LogP contribution >= 0.6 is 0 Å². The highest BCUT2D eigenvalue weighted by Crippen LogP contribution is 2.30. The van der Waals surface area contributed by atoms with Crippen LogP contribution in [-0.2, 0) is 0 Å². The Kier molecular flexibility index (Phi) is 6.39. The van der Waals surface area contributed by atoms with Gasteiger partial charge in [-0.1, -0.05) is 18.2 Å². The highest BCUT2D eigenvalue weighted by molar-refractivity contribution is 6.05. The third kappa shape index (κ3) is 4.44. The SMILES string of the molecule is COc1ccccc1NC(=O)c1cnc([C@@H]2CCCCN2C(=O)c2ccccn2)nc1C. The first-order chi connectivity index (χ1) is 15.6. The lowest BCUT2D eigenvalue weighted by Gasteiger charge is -2.34. The number of pyridine rings is 1. The number of para-hydroxylation sites is 2. The van der Waals surface area contributed by atoms with Crippen LogP contribution in [0.5, 0.6) is 5.75 Å². The first-order valence-corrected chi connectivity index (χ1v) is 10.6. The van der Waals surface area contributed by atoms with Crippen molar-refractivity contribution in [3.63, 3.8) is 0 Å². The molecule has 2 aromatic heterocycles. The van der Waals surface area contributed by atoms with Crippen molar-refractivity contribution in [3.8, 4) is 5.75 Å². The number of aryl methyl sites for hydroxylation is 1. The summed E-state index contributed by atoms with van der Waals surface area (Å²) in [7, 11) is 1.55. The molecule has 3 heterocycles. The molecule has 1 saturated heterocycles. The maximum absolute atomic E-state index is 13.0. The lowest BCUT2D eigenvalue weighted by molar-refractivity contribution is 0.0593. The van der Waals surface area contributed by atoms with E-state index < -0.39 is 0 Å². The Balaban J connectivity index is 1.56. The normalized spacial score (nSPS) is 15.8. The van der Waals surface area contributed by atoms with E-state index in [1.54, 1.807) is 55.5 Å². The number of likely N-dealkylation sites (tertiary alicyclic amines) is 1. The molecule has 0 saturated carbocycles. The topological polar surface area (TPSA) is 97.3 Å². The number of carbonyl (C=O) groups is 2. The molecule has 1 fully saturated rings. The zero-order valence-electron chi connectivity index (χ0n) is 18.1. The van der Waals surface area contributed by atoms with E-state index in [2.05, 4.69) is 20.3 Å². The lowest BCUT2D eigenvalue weighted by atomic mass is 10.0. The Labute approximate surface area is 186 Å². The van der Waals surface area contributed by atoms with Gasteiger partial charge in [0.1, 0.15) is 11.4 Å². The van der Waals surface area contributed by atoms with Gasteiger partial charge in [0, 0.05) is 18.9 Å². The molecule has 0 unspecified atom stereocenters. The number of rotatable bonds is 5. The second kappa shape index (κ2) is 9.55. The van der Waals surface area contributed by atoms with Gasteiger partial charge in [0.2, 0.25) is 0 Å². The third-order valence-corrected chi connectivity index (χ3v) is 5.54. The molecule has 1 N–H and O–H groups in total. The van der Waals surface area contributed by atoms with Crippen LogP contribution in [0.1, 0.15) is 57.7 Å². The maximum atomic E-state index is 13.0. The Bertz CT molecular complexity index is 1120. The van der Waals surface area contributed by atoms with Crippen LogP contribution < -0.4 is 10.1 Å². The molecule has 1 aromatic carbocycles. The highest BCUT2D eigenvalue weighted by Gasteiger charge is 2.31. The van der Waals surface area contributed by atoms with E-state index in [1.165, 1.54) is 6.20 Å². The van der Waals surface area contributed by atoms with Crippen molar-refractivity contribution in [2.45, 2.75) is 32.2 Å². The van der Waals surface area contributed by atoms with Crippen molar-refractivity contribution in [3.05, 3.63) is 77.6 Å². The molecule has 8 nitrogen and oxygen atoms in total. The lowest BCUT2D eigenvalue weighted by Crippen LogP contribution is -2.39. The van der Waals surface area contributed by atoms with Crippen molar-refractivity contribution in [2.24, 2.45) is 0 Å². The number of benzene rings is 1. The average Bonchev–Trinajstić information content (AvgIpc) is 2.84. The van der Waals surface area contributed by atoms with E-state index >= 15 is 0 Å². The summed E-state index contributed by atoms with van der Waals surface area (Å²) in [5, 5.41) is 2.85. The van der Waals surface area contributed by atoms with Gasteiger partial charge in [0.25, 0.3) is 11.8 Å².